The summed E-state index contributed by atoms with van der Waals surface area (Å²) in [6.07, 6.45) is 16.4. The number of nitrogens with one attached hydrogen (secondary N) is 2. The highest BCUT2D eigenvalue weighted by Crippen LogP contribution is 2.50. The Labute approximate surface area is 409 Å². The fraction of sp³-hybridized carbons (Fsp3) is 0.483. The van der Waals surface area contributed by atoms with Gasteiger partial charge in [-0.3, -0.25) is 4.79 Å². The number of phenolic OH excluding ortho intramolecular Hbond substituents is 2. The highest BCUT2D eigenvalue weighted by atomic mass is 16.4. The summed E-state index contributed by atoms with van der Waals surface area (Å²) in [6.45, 7) is 2.58. The van der Waals surface area contributed by atoms with Crippen LogP contribution in [0, 0.1) is 35.5 Å². The number of aromatic nitrogens is 2. The minimum Gasteiger partial charge on any atom is -0.508 e. The maximum atomic E-state index is 13.3. The minimum atomic E-state index is -1.29. The molecule has 1 saturated carbocycles. The fourth-order valence-corrected chi connectivity index (χ4v) is 11.7. The van der Waals surface area contributed by atoms with E-state index < -0.39 is 29.5 Å². The van der Waals surface area contributed by atoms with E-state index in [0.29, 0.717) is 74.4 Å². The van der Waals surface area contributed by atoms with E-state index in [2.05, 4.69) is 40.4 Å². The number of unbranched alkanes of at least 4 members (excludes halogenated alkanes) is 4. The Kier molecular flexibility index (Phi) is 18.2. The maximum Gasteiger partial charge on any atom is 0.309 e. The van der Waals surface area contributed by atoms with Gasteiger partial charge in [-0.2, -0.15) is 0 Å². The van der Waals surface area contributed by atoms with Crippen molar-refractivity contribution in [3.05, 3.63) is 132 Å². The number of hydrogen-bond donors (Lipinski definition) is 9. The Hall–Kier alpha value is -5.46. The first-order valence-corrected chi connectivity index (χ1v) is 25.6. The van der Waals surface area contributed by atoms with E-state index in [9.17, 15) is 35.4 Å². The average Bonchev–Trinajstić information content (AvgIpc) is 3.89. The van der Waals surface area contributed by atoms with Gasteiger partial charge in [0.2, 0.25) is 0 Å². The number of H-pyrrole nitrogens is 1. The predicted octanol–water partition coefficient (Wildman–Crippen LogP) is 10.2. The number of carbonyl (C=O) groups is 1. The van der Waals surface area contributed by atoms with E-state index in [4.69, 9.17) is 5.73 Å². The molecule has 0 amide bonds. The summed E-state index contributed by atoms with van der Waals surface area (Å²) in [5, 5.41) is 72.1. The number of aromatic amines is 1. The number of aliphatic hydroxyl groups excluding tert-OH is 2. The summed E-state index contributed by atoms with van der Waals surface area (Å²) in [4.78, 5) is 20.8. The number of phenols is 2. The van der Waals surface area contributed by atoms with Crippen LogP contribution in [0.5, 0.6) is 11.5 Å². The van der Waals surface area contributed by atoms with Gasteiger partial charge in [0.1, 0.15) is 17.3 Å². The molecule has 2 aliphatic carbocycles. The molecule has 3 aromatic carbocycles. The van der Waals surface area contributed by atoms with Gasteiger partial charge in [-0.25, -0.2) is 4.98 Å². The monoisotopic (exact) mass is 941 g/mol. The van der Waals surface area contributed by atoms with E-state index >= 15 is 0 Å². The zero-order valence-corrected chi connectivity index (χ0v) is 40.6. The Balaban J connectivity index is 1.12. The van der Waals surface area contributed by atoms with Crippen molar-refractivity contribution < 1.29 is 35.4 Å². The lowest BCUT2D eigenvalue weighted by Crippen LogP contribution is -2.48. The second-order valence-corrected chi connectivity index (χ2v) is 20.3. The number of carboxylic acids is 1. The number of aliphatic hydroxyl groups is 3. The molecule has 0 unspecified atom stereocenters. The highest BCUT2D eigenvalue weighted by molar-refractivity contribution is 5.85. The van der Waals surface area contributed by atoms with Crippen LogP contribution in [0.3, 0.4) is 0 Å². The molecule has 7 rings (SSSR count). The van der Waals surface area contributed by atoms with Crippen molar-refractivity contribution in [1.82, 2.24) is 15.3 Å². The molecule has 5 aromatic rings. The molecule has 9 atom stereocenters. The number of rotatable bonds is 25. The number of carboxylic acid groups (broad SMARTS) is 1. The molecule has 0 radical (unpaired) electrons. The molecule has 10 N–H and O–H groups in total. The second kappa shape index (κ2) is 24.4. The van der Waals surface area contributed by atoms with E-state index in [-0.39, 0.29) is 41.8 Å². The van der Waals surface area contributed by atoms with Crippen molar-refractivity contribution in [3.63, 3.8) is 0 Å². The van der Waals surface area contributed by atoms with Crippen molar-refractivity contribution in [2.75, 3.05) is 19.3 Å². The summed E-state index contributed by atoms with van der Waals surface area (Å²) in [5.41, 5.74) is 11.6. The van der Waals surface area contributed by atoms with Crippen LogP contribution in [0.15, 0.2) is 109 Å². The standard InChI is InChI=1S/C58H76N4O7/c1-3-4-8-15-39-22-23-43(52(64)29-39)20-13-7-14-21-48(57(67)68)53(65)32-45(37-60-2)58(69)36-41(26-40-24-25-61-55(59)30-40)27-44(58)31-46-33-49(42-18-11-6-12-19-42)56(62-46)51-34-47(63)35-54(66)50(51)28-38-16-9-5-10-17-38/h5-6,9-12,16-19,22-25,30,33-35,39,41,43-45,48,52-53,60,62-66,69H,3-4,7-8,13-15,20-21,26-29,31-32,36-37H2,1-2H3,(H2,59,61)(H,67,68)/t39-,41-,43-,44+,45+,48+,52-,53-,58+/m1/s1. The lowest BCUT2D eigenvalue weighted by molar-refractivity contribution is -0.148. The SMILES string of the molecule is CCCCC[C@@H]1C=C[C@@H](CCCCC[C@H](C(=O)O)[C@H](O)C[C@@H](CNC)[C@]2(O)C[C@H](Cc3ccnc(N)c3)C[C@H]2Cc2cc(-c3ccccc3)c(-c3cc(O)cc(O)c3Cc3ccccc3)[nH]2)[C@H](O)C1. The van der Waals surface area contributed by atoms with Crippen molar-refractivity contribution in [2.24, 2.45) is 35.5 Å². The van der Waals surface area contributed by atoms with E-state index in [1.165, 1.54) is 25.3 Å². The van der Waals surface area contributed by atoms with Gasteiger partial charge in [-0.1, -0.05) is 118 Å². The Morgan fingerprint density at radius 3 is 2.35 bits per heavy atom. The third-order valence-corrected chi connectivity index (χ3v) is 15.3. The highest BCUT2D eigenvalue weighted by Gasteiger charge is 2.51. The van der Waals surface area contributed by atoms with Gasteiger partial charge in [0.05, 0.1) is 29.4 Å². The van der Waals surface area contributed by atoms with Gasteiger partial charge in [0.25, 0.3) is 0 Å². The van der Waals surface area contributed by atoms with Crippen LogP contribution in [-0.2, 0) is 24.1 Å². The third kappa shape index (κ3) is 13.5. The quantitative estimate of drug-likeness (QED) is 0.0200. The second-order valence-electron chi connectivity index (χ2n) is 20.3. The maximum absolute atomic E-state index is 13.3. The summed E-state index contributed by atoms with van der Waals surface area (Å²) < 4.78 is 0. The predicted molar refractivity (Wildman–Crippen MR) is 275 cm³/mol. The van der Waals surface area contributed by atoms with Crippen LogP contribution in [0.4, 0.5) is 5.82 Å². The van der Waals surface area contributed by atoms with Crippen LogP contribution >= 0.6 is 0 Å². The number of nitrogens with two attached hydrogens (primary N) is 1. The molecule has 0 spiro atoms. The number of hydrogen-bond acceptors (Lipinski definition) is 9. The van der Waals surface area contributed by atoms with Gasteiger partial charge in [0.15, 0.2) is 0 Å². The molecule has 0 bridgehead atoms. The summed E-state index contributed by atoms with van der Waals surface area (Å²) in [7, 11) is 1.82. The minimum absolute atomic E-state index is 0.00954. The number of nitrogens with zero attached hydrogens (tertiary/aromatic N) is 1. The molecular formula is C58H76N4O7. The lowest BCUT2D eigenvalue weighted by atomic mass is 9.73. The zero-order valence-electron chi connectivity index (χ0n) is 40.6. The Morgan fingerprint density at radius 2 is 1.64 bits per heavy atom. The Bertz CT molecular complexity index is 2420. The van der Waals surface area contributed by atoms with Gasteiger partial charge in [0, 0.05) is 59.4 Å². The molecule has 2 heterocycles. The first kappa shape index (κ1) is 51.4. The fourth-order valence-electron chi connectivity index (χ4n) is 11.7. The van der Waals surface area contributed by atoms with Crippen molar-refractivity contribution in [3.8, 4) is 33.9 Å². The van der Waals surface area contributed by atoms with Crippen LogP contribution in [0.2, 0.25) is 0 Å². The summed E-state index contributed by atoms with van der Waals surface area (Å²) in [6, 6.07) is 28.9. The number of nitrogen functional groups attached to an aromatic ring is 1. The first-order chi connectivity index (χ1) is 33.3. The number of allylic oxidation sites excluding steroid dienone is 1. The first-order valence-electron chi connectivity index (χ1n) is 25.6. The normalized spacial score (nSPS) is 22.7. The molecule has 0 saturated heterocycles. The molecular weight excluding hydrogens is 865 g/mol. The van der Waals surface area contributed by atoms with Gasteiger partial charge in [-0.05, 0) is 124 Å². The molecule has 1 fully saturated rings. The molecule has 370 valence electrons. The number of aromatic hydroxyl groups is 2. The molecule has 11 heteroatoms. The van der Waals surface area contributed by atoms with Crippen LogP contribution < -0.4 is 11.1 Å². The molecule has 2 aliphatic rings. The Morgan fingerprint density at radius 1 is 0.884 bits per heavy atom. The smallest absolute Gasteiger partial charge is 0.309 e. The molecule has 69 heavy (non-hydrogen) atoms. The largest absolute Gasteiger partial charge is 0.508 e. The zero-order chi connectivity index (χ0) is 48.9. The van der Waals surface area contributed by atoms with Crippen molar-refractivity contribution in [1.29, 1.82) is 0 Å². The molecule has 0 aliphatic heterocycles. The van der Waals surface area contributed by atoms with Gasteiger partial charge >= 0.3 is 5.97 Å². The summed E-state index contributed by atoms with van der Waals surface area (Å²) in [5.74, 6) is -1.82. The summed E-state index contributed by atoms with van der Waals surface area (Å²) >= 11 is 0. The van der Waals surface area contributed by atoms with Crippen molar-refractivity contribution >= 4 is 11.8 Å². The van der Waals surface area contributed by atoms with Crippen LogP contribution in [-0.4, -0.2) is 78.0 Å². The lowest BCUT2D eigenvalue weighted by Gasteiger charge is -2.40. The van der Waals surface area contributed by atoms with Crippen LogP contribution in [0.1, 0.15) is 113 Å². The average molecular weight is 941 g/mol. The molecule has 2 aromatic heterocycles. The van der Waals surface area contributed by atoms with Gasteiger partial charge in [-0.15, -0.1) is 0 Å². The van der Waals surface area contributed by atoms with E-state index in [1.807, 2.05) is 79.8 Å². The van der Waals surface area contributed by atoms with E-state index in [0.717, 1.165) is 65.7 Å². The molecule has 11 nitrogen and oxygen atoms in total. The van der Waals surface area contributed by atoms with Crippen LogP contribution in [0.25, 0.3) is 22.4 Å². The van der Waals surface area contributed by atoms with E-state index in [1.54, 1.807) is 12.3 Å². The third-order valence-electron chi connectivity index (χ3n) is 15.3. The number of anilines is 1. The topological polar surface area (TPSA) is 205 Å². The van der Waals surface area contributed by atoms with Crippen molar-refractivity contribution in [2.45, 2.75) is 127 Å². The number of aliphatic carboxylic acids is 1. The number of benzene rings is 3. The van der Waals surface area contributed by atoms with Gasteiger partial charge < -0.3 is 46.7 Å². The number of pyridine rings is 1.